The summed E-state index contributed by atoms with van der Waals surface area (Å²) in [5.74, 6) is -1.04. The van der Waals surface area contributed by atoms with Gasteiger partial charge in [-0.2, -0.15) is 0 Å². The van der Waals surface area contributed by atoms with Gasteiger partial charge in [0.1, 0.15) is 6.04 Å². The summed E-state index contributed by atoms with van der Waals surface area (Å²) in [6.45, 7) is 10.5. The molecule has 8 heteroatoms. The van der Waals surface area contributed by atoms with Crippen LogP contribution in [-0.2, 0) is 14.4 Å². The minimum absolute atomic E-state index is 0.0159. The molecule has 1 aliphatic rings. The van der Waals surface area contributed by atoms with Gasteiger partial charge in [-0.15, -0.1) is 0 Å². The number of nitrogens with zero attached hydrogens (tertiary/aromatic N) is 2. The lowest BCUT2D eigenvalue weighted by atomic mass is 10.1. The second kappa shape index (κ2) is 9.72. The van der Waals surface area contributed by atoms with Crippen LogP contribution in [-0.4, -0.2) is 83.5 Å². The number of hydrogen-bond acceptors (Lipinski definition) is 5. The van der Waals surface area contributed by atoms with Crippen molar-refractivity contribution in [3.63, 3.8) is 0 Å². The van der Waals surface area contributed by atoms with Crippen LogP contribution in [0.25, 0.3) is 0 Å². The van der Waals surface area contributed by atoms with E-state index in [0.29, 0.717) is 39.1 Å². The number of carbonyl (C=O) groups is 3. The number of amides is 2. The third-order valence-electron chi connectivity index (χ3n) is 3.98. The fourth-order valence-corrected chi connectivity index (χ4v) is 2.74. The zero-order chi connectivity index (χ0) is 19.0. The van der Waals surface area contributed by atoms with E-state index in [1.165, 1.54) is 0 Å². The molecule has 144 valence electrons. The van der Waals surface area contributed by atoms with E-state index in [9.17, 15) is 14.4 Å². The number of rotatable bonds is 8. The standard InChI is InChI=1S/C17H32N4O4/c1-5-6-13(16(24)25)18-11-15(23)21-9-7-20(8-10-21)12-14(22)19-17(2,3)4/h13,18H,5-12H2,1-4H3,(H,19,22)(H,24,25). The van der Waals surface area contributed by atoms with Crippen LogP contribution in [0, 0.1) is 0 Å². The average molecular weight is 356 g/mol. The summed E-state index contributed by atoms with van der Waals surface area (Å²) in [6.07, 6.45) is 1.24. The van der Waals surface area contributed by atoms with Crippen LogP contribution in [0.3, 0.4) is 0 Å². The minimum Gasteiger partial charge on any atom is -0.480 e. The van der Waals surface area contributed by atoms with Crippen molar-refractivity contribution in [2.24, 2.45) is 0 Å². The van der Waals surface area contributed by atoms with Gasteiger partial charge >= 0.3 is 5.97 Å². The molecule has 0 radical (unpaired) electrons. The molecule has 3 N–H and O–H groups in total. The van der Waals surface area contributed by atoms with Crippen LogP contribution >= 0.6 is 0 Å². The maximum absolute atomic E-state index is 12.2. The van der Waals surface area contributed by atoms with Crippen molar-refractivity contribution < 1.29 is 19.5 Å². The molecule has 1 aliphatic heterocycles. The van der Waals surface area contributed by atoms with Gasteiger partial charge in [0, 0.05) is 31.7 Å². The number of hydrogen-bond donors (Lipinski definition) is 3. The lowest BCUT2D eigenvalue weighted by molar-refractivity contribution is -0.140. The van der Waals surface area contributed by atoms with Gasteiger partial charge in [0.25, 0.3) is 0 Å². The van der Waals surface area contributed by atoms with Crippen LogP contribution in [0.2, 0.25) is 0 Å². The topological polar surface area (TPSA) is 102 Å². The van der Waals surface area contributed by atoms with Gasteiger partial charge in [0.05, 0.1) is 13.1 Å². The number of carbonyl (C=O) groups excluding carboxylic acids is 2. The Hall–Kier alpha value is -1.67. The molecule has 0 aromatic heterocycles. The first-order chi connectivity index (χ1) is 11.6. The van der Waals surface area contributed by atoms with Crippen LogP contribution in [0.4, 0.5) is 0 Å². The van der Waals surface area contributed by atoms with Crippen molar-refractivity contribution >= 4 is 17.8 Å². The van der Waals surface area contributed by atoms with Crippen molar-refractivity contribution in [3.8, 4) is 0 Å². The molecule has 0 spiro atoms. The first-order valence-electron chi connectivity index (χ1n) is 8.89. The SMILES string of the molecule is CCCC(NCC(=O)N1CCN(CC(=O)NC(C)(C)C)CC1)C(=O)O. The van der Waals surface area contributed by atoms with E-state index in [2.05, 4.69) is 10.6 Å². The Morgan fingerprint density at radius 1 is 1.12 bits per heavy atom. The molecule has 0 aromatic rings. The normalized spacial score (nSPS) is 17.2. The predicted molar refractivity (Wildman–Crippen MR) is 95.3 cm³/mol. The Kier molecular flexibility index (Phi) is 8.31. The molecule has 2 amide bonds. The van der Waals surface area contributed by atoms with Gasteiger partial charge in [0.15, 0.2) is 0 Å². The molecule has 0 saturated carbocycles. The van der Waals surface area contributed by atoms with Crippen molar-refractivity contribution in [2.45, 2.75) is 52.1 Å². The van der Waals surface area contributed by atoms with Crippen molar-refractivity contribution in [1.82, 2.24) is 20.4 Å². The Balaban J connectivity index is 2.34. The average Bonchev–Trinajstić information content (AvgIpc) is 2.49. The molecular weight excluding hydrogens is 324 g/mol. The zero-order valence-corrected chi connectivity index (χ0v) is 15.8. The second-order valence-corrected chi connectivity index (χ2v) is 7.52. The summed E-state index contributed by atoms with van der Waals surface area (Å²) in [7, 11) is 0. The molecule has 1 rings (SSSR count). The summed E-state index contributed by atoms with van der Waals surface area (Å²) < 4.78 is 0. The highest BCUT2D eigenvalue weighted by molar-refractivity contribution is 5.80. The number of carboxylic acid groups (broad SMARTS) is 1. The molecule has 0 aliphatic carbocycles. The second-order valence-electron chi connectivity index (χ2n) is 7.52. The summed E-state index contributed by atoms with van der Waals surface area (Å²) in [6, 6.07) is -0.684. The summed E-state index contributed by atoms with van der Waals surface area (Å²) >= 11 is 0. The van der Waals surface area contributed by atoms with E-state index in [-0.39, 0.29) is 23.9 Å². The summed E-state index contributed by atoms with van der Waals surface area (Å²) in [5.41, 5.74) is -0.250. The third-order valence-corrected chi connectivity index (χ3v) is 3.98. The molecule has 1 saturated heterocycles. The highest BCUT2D eigenvalue weighted by Gasteiger charge is 2.24. The molecular formula is C17H32N4O4. The van der Waals surface area contributed by atoms with E-state index in [0.717, 1.165) is 6.42 Å². The Morgan fingerprint density at radius 2 is 1.72 bits per heavy atom. The summed E-state index contributed by atoms with van der Waals surface area (Å²) in [4.78, 5) is 39.0. The smallest absolute Gasteiger partial charge is 0.320 e. The van der Waals surface area contributed by atoms with Crippen molar-refractivity contribution in [1.29, 1.82) is 0 Å². The van der Waals surface area contributed by atoms with E-state index in [1.54, 1.807) is 4.90 Å². The van der Waals surface area contributed by atoms with Gasteiger partial charge in [-0.3, -0.25) is 24.6 Å². The van der Waals surface area contributed by atoms with Gasteiger partial charge in [-0.1, -0.05) is 13.3 Å². The van der Waals surface area contributed by atoms with E-state index < -0.39 is 12.0 Å². The number of piperazine rings is 1. The lowest BCUT2D eigenvalue weighted by Gasteiger charge is -2.35. The highest BCUT2D eigenvalue weighted by Crippen LogP contribution is 2.04. The van der Waals surface area contributed by atoms with E-state index in [4.69, 9.17) is 5.11 Å². The number of nitrogens with one attached hydrogen (secondary N) is 2. The van der Waals surface area contributed by atoms with Crippen LogP contribution in [0.1, 0.15) is 40.5 Å². The first kappa shape index (κ1) is 21.4. The highest BCUT2D eigenvalue weighted by atomic mass is 16.4. The van der Waals surface area contributed by atoms with Crippen molar-refractivity contribution in [3.05, 3.63) is 0 Å². The molecule has 1 atom stereocenters. The molecule has 1 heterocycles. The number of aliphatic carboxylic acids is 1. The van der Waals surface area contributed by atoms with Gasteiger partial charge in [-0.05, 0) is 27.2 Å². The van der Waals surface area contributed by atoms with Gasteiger partial charge in [-0.25, -0.2) is 0 Å². The minimum atomic E-state index is -0.927. The quantitative estimate of drug-likeness (QED) is 0.561. The number of carboxylic acids is 1. The maximum atomic E-state index is 12.2. The Morgan fingerprint density at radius 3 is 2.20 bits per heavy atom. The monoisotopic (exact) mass is 356 g/mol. The Labute approximate surface area is 149 Å². The van der Waals surface area contributed by atoms with E-state index in [1.807, 2.05) is 32.6 Å². The lowest BCUT2D eigenvalue weighted by Crippen LogP contribution is -2.54. The summed E-state index contributed by atoms with van der Waals surface area (Å²) in [5, 5.41) is 14.8. The van der Waals surface area contributed by atoms with Crippen LogP contribution < -0.4 is 10.6 Å². The largest absolute Gasteiger partial charge is 0.480 e. The molecule has 0 aromatic carbocycles. The third kappa shape index (κ3) is 8.31. The molecule has 1 fully saturated rings. The van der Waals surface area contributed by atoms with E-state index >= 15 is 0 Å². The first-order valence-corrected chi connectivity index (χ1v) is 8.89. The fourth-order valence-electron chi connectivity index (χ4n) is 2.74. The van der Waals surface area contributed by atoms with Crippen LogP contribution in [0.15, 0.2) is 0 Å². The fraction of sp³-hybridized carbons (Fsp3) is 0.824. The van der Waals surface area contributed by atoms with Gasteiger partial charge in [0.2, 0.25) is 11.8 Å². The van der Waals surface area contributed by atoms with Crippen LogP contribution in [0.5, 0.6) is 0 Å². The predicted octanol–water partition coefficient (Wildman–Crippen LogP) is -0.112. The van der Waals surface area contributed by atoms with Gasteiger partial charge < -0.3 is 15.3 Å². The zero-order valence-electron chi connectivity index (χ0n) is 15.8. The Bertz CT molecular complexity index is 468. The molecule has 0 bridgehead atoms. The molecule has 25 heavy (non-hydrogen) atoms. The molecule has 8 nitrogen and oxygen atoms in total. The maximum Gasteiger partial charge on any atom is 0.320 e. The van der Waals surface area contributed by atoms with Crippen molar-refractivity contribution in [2.75, 3.05) is 39.3 Å². The molecule has 1 unspecified atom stereocenters.